The summed E-state index contributed by atoms with van der Waals surface area (Å²) < 4.78 is 6.29. The highest BCUT2D eigenvalue weighted by molar-refractivity contribution is 5.79. The number of dihydropyridines is 1. The molecule has 0 radical (unpaired) electrons. The zero-order valence-electron chi connectivity index (χ0n) is 15.1. The Morgan fingerprint density at radius 1 is 0.731 bits per heavy atom. The van der Waals surface area contributed by atoms with E-state index in [0.717, 1.165) is 29.2 Å². The Morgan fingerprint density at radius 3 is 1.73 bits per heavy atom. The standard InChI is InChI=1S/C24H22NO/c1-17-3-7-20(8-4-17)23-15-22(19-11-13-25-14-12-19)16-24(26-23)21-9-5-18(2)6-10-21/h3-13,15-16,25H,14H2,1-2H3/q+1. The summed E-state index contributed by atoms with van der Waals surface area (Å²) >= 11 is 0. The Bertz CT molecular complexity index is 916. The van der Waals surface area contributed by atoms with Gasteiger partial charge in [-0.15, -0.1) is 0 Å². The average Bonchev–Trinajstić information content (AvgIpc) is 2.69. The molecular weight excluding hydrogens is 318 g/mol. The molecule has 0 aliphatic carbocycles. The molecule has 2 heteroatoms. The molecule has 1 aliphatic rings. The summed E-state index contributed by atoms with van der Waals surface area (Å²) in [6.45, 7) is 5.04. The van der Waals surface area contributed by atoms with E-state index < -0.39 is 0 Å². The van der Waals surface area contributed by atoms with Gasteiger partial charge in [-0.05, 0) is 56.0 Å². The van der Waals surface area contributed by atoms with Crippen molar-refractivity contribution < 1.29 is 4.42 Å². The number of benzene rings is 2. The molecule has 0 saturated carbocycles. The lowest BCUT2D eigenvalue weighted by atomic mass is 10.00. The molecular formula is C24H22NO+. The van der Waals surface area contributed by atoms with E-state index in [4.69, 9.17) is 4.42 Å². The highest BCUT2D eigenvalue weighted by atomic mass is 16.3. The van der Waals surface area contributed by atoms with Gasteiger partial charge in [-0.3, -0.25) is 0 Å². The fraction of sp³-hybridized carbons (Fsp3) is 0.125. The highest BCUT2D eigenvalue weighted by Gasteiger charge is 2.21. The zero-order valence-corrected chi connectivity index (χ0v) is 15.1. The first-order valence-electron chi connectivity index (χ1n) is 8.92. The van der Waals surface area contributed by atoms with Crippen LogP contribution in [0.3, 0.4) is 0 Å². The summed E-state index contributed by atoms with van der Waals surface area (Å²) in [7, 11) is 0. The average molecular weight is 340 g/mol. The fourth-order valence-corrected chi connectivity index (χ4v) is 3.06. The summed E-state index contributed by atoms with van der Waals surface area (Å²) in [6, 6.07) is 21.2. The molecule has 0 spiro atoms. The van der Waals surface area contributed by atoms with Crippen molar-refractivity contribution in [2.24, 2.45) is 0 Å². The van der Waals surface area contributed by atoms with Gasteiger partial charge in [-0.2, -0.15) is 0 Å². The van der Waals surface area contributed by atoms with Crippen LogP contribution in [0.25, 0.3) is 28.2 Å². The third kappa shape index (κ3) is 3.45. The van der Waals surface area contributed by atoms with Gasteiger partial charge in [0.15, 0.2) is 0 Å². The largest absolute Gasteiger partial charge is 0.387 e. The van der Waals surface area contributed by atoms with Crippen LogP contribution in [-0.4, -0.2) is 6.54 Å². The molecule has 0 unspecified atom stereocenters. The number of hydrogen-bond donors (Lipinski definition) is 1. The van der Waals surface area contributed by atoms with Crippen molar-refractivity contribution in [1.29, 1.82) is 0 Å². The Kier molecular flexibility index (Phi) is 4.40. The molecule has 1 N–H and O–H groups in total. The normalized spacial score (nSPS) is 13.2. The molecule has 1 aliphatic heterocycles. The SMILES string of the molecule is Cc1ccc(-c2cc(C3=CCNC=C3)cc(-c3ccc(C)cc3)[o+]2)cc1. The summed E-state index contributed by atoms with van der Waals surface area (Å²) in [4.78, 5) is 0. The number of allylic oxidation sites excluding steroid dienone is 2. The van der Waals surface area contributed by atoms with Crippen LogP contribution in [0.15, 0.2) is 83.4 Å². The number of nitrogens with one attached hydrogen (secondary N) is 1. The monoisotopic (exact) mass is 340 g/mol. The number of hydrogen-bond acceptors (Lipinski definition) is 1. The zero-order chi connectivity index (χ0) is 17.9. The predicted octanol–water partition coefficient (Wildman–Crippen LogP) is 6.01. The van der Waals surface area contributed by atoms with Gasteiger partial charge in [0, 0.05) is 12.1 Å². The molecule has 3 aromatic rings. The van der Waals surface area contributed by atoms with Crippen LogP contribution in [0.2, 0.25) is 0 Å². The van der Waals surface area contributed by atoms with Crippen LogP contribution in [0.4, 0.5) is 0 Å². The molecule has 2 aromatic carbocycles. The van der Waals surface area contributed by atoms with Crippen molar-refractivity contribution in [3.05, 3.63) is 95.7 Å². The van der Waals surface area contributed by atoms with Crippen molar-refractivity contribution in [2.45, 2.75) is 13.8 Å². The Hall–Kier alpha value is -3.13. The fourth-order valence-electron chi connectivity index (χ4n) is 3.06. The minimum absolute atomic E-state index is 0.845. The third-order valence-electron chi connectivity index (χ3n) is 4.62. The van der Waals surface area contributed by atoms with Crippen LogP contribution < -0.4 is 5.32 Å². The highest BCUT2D eigenvalue weighted by Crippen LogP contribution is 2.32. The minimum atomic E-state index is 0.845. The third-order valence-corrected chi connectivity index (χ3v) is 4.62. The van der Waals surface area contributed by atoms with Crippen LogP contribution >= 0.6 is 0 Å². The second-order valence-electron chi connectivity index (χ2n) is 6.71. The molecule has 2 heterocycles. The van der Waals surface area contributed by atoms with Crippen molar-refractivity contribution in [1.82, 2.24) is 5.32 Å². The molecule has 0 saturated heterocycles. The van der Waals surface area contributed by atoms with Crippen molar-refractivity contribution in [3.8, 4) is 22.6 Å². The van der Waals surface area contributed by atoms with Gasteiger partial charge in [0.25, 0.3) is 0 Å². The van der Waals surface area contributed by atoms with Gasteiger partial charge >= 0.3 is 11.5 Å². The van der Waals surface area contributed by atoms with E-state index in [9.17, 15) is 0 Å². The Balaban J connectivity index is 1.86. The van der Waals surface area contributed by atoms with Crippen LogP contribution in [0.1, 0.15) is 16.7 Å². The van der Waals surface area contributed by atoms with E-state index in [-0.39, 0.29) is 0 Å². The van der Waals surface area contributed by atoms with Gasteiger partial charge in [0.05, 0.1) is 23.3 Å². The molecule has 1 aromatic heterocycles. The van der Waals surface area contributed by atoms with Crippen molar-refractivity contribution in [3.63, 3.8) is 0 Å². The van der Waals surface area contributed by atoms with Crippen molar-refractivity contribution >= 4 is 5.57 Å². The van der Waals surface area contributed by atoms with E-state index in [0.29, 0.717) is 0 Å². The van der Waals surface area contributed by atoms with E-state index in [1.165, 1.54) is 22.3 Å². The second kappa shape index (κ2) is 7.01. The number of aryl methyl sites for hydroxylation is 2. The summed E-state index contributed by atoms with van der Waals surface area (Å²) in [6.07, 6.45) is 6.31. The topological polar surface area (TPSA) is 23.3 Å². The quantitative estimate of drug-likeness (QED) is 0.590. The van der Waals surface area contributed by atoms with E-state index >= 15 is 0 Å². The number of rotatable bonds is 3. The van der Waals surface area contributed by atoms with Crippen LogP contribution in [0.5, 0.6) is 0 Å². The van der Waals surface area contributed by atoms with Crippen LogP contribution in [-0.2, 0) is 0 Å². The molecule has 4 rings (SSSR count). The lowest BCUT2D eigenvalue weighted by Crippen LogP contribution is -2.08. The summed E-state index contributed by atoms with van der Waals surface area (Å²) in [5.41, 5.74) is 7.04. The second-order valence-corrected chi connectivity index (χ2v) is 6.71. The van der Waals surface area contributed by atoms with Gasteiger partial charge in [-0.1, -0.05) is 41.5 Å². The van der Waals surface area contributed by atoms with E-state index in [1.54, 1.807) is 0 Å². The van der Waals surface area contributed by atoms with Crippen LogP contribution in [0, 0.1) is 13.8 Å². The maximum atomic E-state index is 6.29. The lowest BCUT2D eigenvalue weighted by Gasteiger charge is -2.08. The first kappa shape index (κ1) is 16.3. The van der Waals surface area contributed by atoms with Gasteiger partial charge < -0.3 is 5.32 Å². The van der Waals surface area contributed by atoms with Gasteiger partial charge in [-0.25, -0.2) is 4.42 Å². The van der Waals surface area contributed by atoms with Gasteiger partial charge in [0.1, 0.15) is 0 Å². The molecule has 0 fully saturated rings. The maximum Gasteiger partial charge on any atom is 0.361 e. The summed E-state index contributed by atoms with van der Waals surface area (Å²) in [5, 5.41) is 3.21. The molecule has 0 bridgehead atoms. The molecule has 0 amide bonds. The van der Waals surface area contributed by atoms with Gasteiger partial charge in [0.2, 0.25) is 0 Å². The summed E-state index contributed by atoms with van der Waals surface area (Å²) in [5.74, 6) is 1.76. The lowest BCUT2D eigenvalue weighted by molar-refractivity contribution is 0.581. The molecule has 0 atom stereocenters. The molecule has 26 heavy (non-hydrogen) atoms. The molecule has 2 nitrogen and oxygen atoms in total. The smallest absolute Gasteiger partial charge is 0.361 e. The van der Waals surface area contributed by atoms with Crippen molar-refractivity contribution in [2.75, 3.05) is 6.54 Å². The Morgan fingerprint density at radius 2 is 1.27 bits per heavy atom. The Labute approximate surface area is 154 Å². The van der Waals surface area contributed by atoms with E-state index in [1.807, 2.05) is 6.20 Å². The van der Waals surface area contributed by atoms with E-state index in [2.05, 4.69) is 92.0 Å². The molecule has 128 valence electrons. The minimum Gasteiger partial charge on any atom is -0.387 e. The first-order chi connectivity index (χ1) is 12.7. The first-order valence-corrected chi connectivity index (χ1v) is 8.92. The maximum absolute atomic E-state index is 6.29. The predicted molar refractivity (Wildman–Crippen MR) is 109 cm³/mol.